The van der Waals surface area contributed by atoms with E-state index in [-0.39, 0.29) is 27.5 Å². The van der Waals surface area contributed by atoms with Crippen molar-refractivity contribution < 1.29 is 20.1 Å². The molecule has 0 aliphatic heterocycles. The number of phenolic OH excluding ortho intramolecular Hbond substituents is 2. The number of rotatable bonds is 4. The lowest BCUT2D eigenvalue weighted by Crippen LogP contribution is -2.19. The zero-order valence-corrected chi connectivity index (χ0v) is 11.8. The van der Waals surface area contributed by atoms with Gasteiger partial charge in [-0.05, 0) is 17.7 Å². The Hall–Kier alpha value is -3.08. The number of nitrogens with zero attached hydrogens (tertiary/aromatic N) is 1. The number of aromatic hydroxyl groups is 2. The Morgan fingerprint density at radius 1 is 1.23 bits per heavy atom. The largest absolute Gasteiger partial charge is 0.507 e. The second-order valence-electron chi connectivity index (χ2n) is 4.76. The highest BCUT2D eigenvalue weighted by molar-refractivity contribution is 5.86. The van der Waals surface area contributed by atoms with Crippen LogP contribution in [-0.4, -0.2) is 26.3 Å². The summed E-state index contributed by atoms with van der Waals surface area (Å²) in [6, 6.07) is 3.61. The van der Waals surface area contributed by atoms with Crippen molar-refractivity contribution in [3.05, 3.63) is 57.7 Å². The molecular formula is C17H15NO4. The molecule has 22 heavy (non-hydrogen) atoms. The minimum Gasteiger partial charge on any atom is -0.507 e. The van der Waals surface area contributed by atoms with Crippen LogP contribution in [0.4, 0.5) is 0 Å². The van der Waals surface area contributed by atoms with Crippen LogP contribution in [0.5, 0.6) is 11.5 Å². The third-order valence-electron chi connectivity index (χ3n) is 3.30. The minimum absolute atomic E-state index is 0.114. The molecule has 0 aliphatic carbocycles. The number of carboxylic acid groups (broad SMARTS) is 1. The van der Waals surface area contributed by atoms with Crippen LogP contribution in [-0.2, 0) is 11.2 Å². The summed E-state index contributed by atoms with van der Waals surface area (Å²) in [7, 11) is 0. The molecule has 0 amide bonds. The molecule has 0 saturated heterocycles. The maximum Gasteiger partial charge on any atom is 0.328 e. The number of phenols is 2. The van der Waals surface area contributed by atoms with Gasteiger partial charge in [-0.1, -0.05) is 19.2 Å². The lowest BCUT2D eigenvalue weighted by Gasteiger charge is -2.11. The standard InChI is InChI=1S/C17H15NO4/c1-10-13(5-6-15(19)20)16(21)11(2)14(17(10)22)8-12-4-3-7-18-9-12/h3-7,9,21-22H,1-2,8H2,(H,19,20)/b6-5+. The molecule has 112 valence electrons. The zero-order chi connectivity index (χ0) is 16.3. The van der Waals surface area contributed by atoms with E-state index < -0.39 is 5.97 Å². The van der Waals surface area contributed by atoms with E-state index in [1.165, 1.54) is 6.08 Å². The summed E-state index contributed by atoms with van der Waals surface area (Å²) < 4.78 is 0. The second kappa shape index (κ2) is 6.13. The van der Waals surface area contributed by atoms with Gasteiger partial charge in [0.05, 0.1) is 0 Å². The van der Waals surface area contributed by atoms with E-state index >= 15 is 0 Å². The van der Waals surface area contributed by atoms with E-state index in [0.29, 0.717) is 12.0 Å². The first-order valence-electron chi connectivity index (χ1n) is 6.46. The molecule has 1 aromatic heterocycles. The van der Waals surface area contributed by atoms with Crippen LogP contribution in [0, 0.1) is 0 Å². The summed E-state index contributed by atoms with van der Waals surface area (Å²) in [6.07, 6.45) is 5.67. The van der Waals surface area contributed by atoms with Gasteiger partial charge in [0.15, 0.2) is 0 Å². The minimum atomic E-state index is -1.16. The molecule has 5 heteroatoms. The Bertz CT molecular complexity index is 841. The average molecular weight is 297 g/mol. The lowest BCUT2D eigenvalue weighted by atomic mass is 9.98. The first-order valence-corrected chi connectivity index (χ1v) is 6.46. The van der Waals surface area contributed by atoms with Gasteiger partial charge in [0.25, 0.3) is 0 Å². The number of carboxylic acids is 1. The van der Waals surface area contributed by atoms with Gasteiger partial charge in [-0.2, -0.15) is 0 Å². The number of hydrogen-bond donors (Lipinski definition) is 3. The van der Waals surface area contributed by atoms with Crippen molar-refractivity contribution in [1.82, 2.24) is 4.98 Å². The van der Waals surface area contributed by atoms with Gasteiger partial charge in [0, 0.05) is 46.5 Å². The maximum atomic E-state index is 10.6. The third-order valence-corrected chi connectivity index (χ3v) is 3.30. The fourth-order valence-electron chi connectivity index (χ4n) is 2.13. The fraction of sp³-hybridized carbons (Fsp3) is 0.0588. The van der Waals surface area contributed by atoms with Crippen LogP contribution in [0.3, 0.4) is 0 Å². The van der Waals surface area contributed by atoms with Crippen molar-refractivity contribution in [3.8, 4) is 11.5 Å². The zero-order valence-electron chi connectivity index (χ0n) is 11.8. The molecule has 3 N–H and O–H groups in total. The van der Waals surface area contributed by atoms with Crippen LogP contribution < -0.4 is 10.4 Å². The molecule has 2 rings (SSSR count). The van der Waals surface area contributed by atoms with E-state index in [2.05, 4.69) is 18.1 Å². The number of benzene rings is 1. The number of aliphatic carboxylic acids is 1. The molecule has 0 spiro atoms. The molecule has 5 nitrogen and oxygen atoms in total. The first-order chi connectivity index (χ1) is 10.4. The van der Waals surface area contributed by atoms with E-state index in [4.69, 9.17) is 5.11 Å². The quantitative estimate of drug-likeness (QED) is 0.578. The summed E-state index contributed by atoms with van der Waals surface area (Å²) >= 11 is 0. The molecule has 0 bridgehead atoms. The predicted octanol–water partition coefficient (Wildman–Crippen LogP) is 1.00. The van der Waals surface area contributed by atoms with Crippen LogP contribution in [0.15, 0.2) is 30.6 Å². The molecule has 0 unspecified atom stereocenters. The Morgan fingerprint density at radius 3 is 2.55 bits per heavy atom. The van der Waals surface area contributed by atoms with Gasteiger partial charge in [-0.3, -0.25) is 4.98 Å². The van der Waals surface area contributed by atoms with Crippen molar-refractivity contribution in [1.29, 1.82) is 0 Å². The molecule has 0 aliphatic rings. The van der Waals surface area contributed by atoms with Crippen LogP contribution >= 0.6 is 0 Å². The molecule has 1 heterocycles. The predicted molar refractivity (Wildman–Crippen MR) is 83.8 cm³/mol. The monoisotopic (exact) mass is 297 g/mol. The topological polar surface area (TPSA) is 90.7 Å². The SMILES string of the molecule is C=c1c(O)c(Cc2cccnc2)c(=C)c(O)c1/C=C/C(=O)O. The van der Waals surface area contributed by atoms with Gasteiger partial charge in [-0.25, -0.2) is 4.79 Å². The fourth-order valence-corrected chi connectivity index (χ4v) is 2.13. The average Bonchev–Trinajstić information content (AvgIpc) is 2.50. The van der Waals surface area contributed by atoms with E-state index in [1.807, 2.05) is 6.07 Å². The summed E-state index contributed by atoms with van der Waals surface area (Å²) in [6.45, 7) is 7.47. The number of carbonyl (C=O) groups is 1. The Labute approximate surface area is 126 Å². The normalized spacial score (nSPS) is 10.9. The summed E-state index contributed by atoms with van der Waals surface area (Å²) in [4.78, 5) is 14.6. The molecule has 0 atom stereocenters. The molecule has 1 aromatic carbocycles. The maximum absolute atomic E-state index is 10.6. The highest BCUT2D eigenvalue weighted by atomic mass is 16.4. The van der Waals surface area contributed by atoms with Gasteiger partial charge >= 0.3 is 5.97 Å². The number of aromatic nitrogens is 1. The Morgan fingerprint density at radius 2 is 1.95 bits per heavy atom. The molecule has 0 radical (unpaired) electrons. The summed E-state index contributed by atoms with van der Waals surface area (Å²) in [5.74, 6) is -1.47. The molecular weight excluding hydrogens is 282 g/mol. The Balaban J connectivity index is 2.57. The highest BCUT2D eigenvalue weighted by Crippen LogP contribution is 2.19. The highest BCUT2D eigenvalue weighted by Gasteiger charge is 2.13. The smallest absolute Gasteiger partial charge is 0.328 e. The van der Waals surface area contributed by atoms with Crippen LogP contribution in [0.1, 0.15) is 16.7 Å². The summed E-state index contributed by atoms with van der Waals surface area (Å²) in [5, 5.41) is 29.6. The van der Waals surface area contributed by atoms with E-state index in [1.54, 1.807) is 18.5 Å². The number of pyridine rings is 1. The van der Waals surface area contributed by atoms with Gasteiger partial charge in [0.1, 0.15) is 11.5 Å². The van der Waals surface area contributed by atoms with Crippen molar-refractivity contribution >= 4 is 25.2 Å². The van der Waals surface area contributed by atoms with Crippen LogP contribution in [0.2, 0.25) is 0 Å². The molecule has 0 fully saturated rings. The van der Waals surface area contributed by atoms with E-state index in [9.17, 15) is 15.0 Å². The summed E-state index contributed by atoms with van der Waals surface area (Å²) in [5.41, 5.74) is 1.41. The van der Waals surface area contributed by atoms with Crippen molar-refractivity contribution in [2.24, 2.45) is 0 Å². The molecule has 2 aromatic rings. The van der Waals surface area contributed by atoms with Gasteiger partial charge in [-0.15, -0.1) is 0 Å². The van der Waals surface area contributed by atoms with Crippen molar-refractivity contribution in [3.63, 3.8) is 0 Å². The third kappa shape index (κ3) is 2.98. The van der Waals surface area contributed by atoms with Crippen LogP contribution in [0.25, 0.3) is 19.2 Å². The first kappa shape index (κ1) is 15.3. The Kier molecular flexibility index (Phi) is 4.27. The van der Waals surface area contributed by atoms with Crippen molar-refractivity contribution in [2.45, 2.75) is 6.42 Å². The lowest BCUT2D eigenvalue weighted by molar-refractivity contribution is -0.131. The van der Waals surface area contributed by atoms with Crippen molar-refractivity contribution in [2.75, 3.05) is 0 Å². The van der Waals surface area contributed by atoms with Gasteiger partial charge in [0.2, 0.25) is 0 Å². The second-order valence-corrected chi connectivity index (χ2v) is 4.76. The number of hydrogen-bond acceptors (Lipinski definition) is 4. The molecule has 0 saturated carbocycles. The van der Waals surface area contributed by atoms with Gasteiger partial charge < -0.3 is 15.3 Å². The van der Waals surface area contributed by atoms with E-state index in [0.717, 1.165) is 11.6 Å².